The molecule has 2 unspecified atom stereocenters. The van der Waals surface area contributed by atoms with Gasteiger partial charge in [-0.2, -0.15) is 5.10 Å². The summed E-state index contributed by atoms with van der Waals surface area (Å²) < 4.78 is 1.94. The molecule has 0 aliphatic heterocycles. The highest BCUT2D eigenvalue weighted by Gasteiger charge is 2.22. The van der Waals surface area contributed by atoms with Gasteiger partial charge in [-0.25, -0.2) is 0 Å². The zero-order valence-electron chi connectivity index (χ0n) is 9.74. The summed E-state index contributed by atoms with van der Waals surface area (Å²) in [5.74, 6) is 0.953. The molecule has 2 rings (SSSR count). The van der Waals surface area contributed by atoms with Crippen molar-refractivity contribution in [3.8, 4) is 0 Å². The fourth-order valence-electron chi connectivity index (χ4n) is 2.45. The van der Waals surface area contributed by atoms with E-state index in [0.717, 1.165) is 18.5 Å². The molecule has 0 aromatic carbocycles. The van der Waals surface area contributed by atoms with Gasteiger partial charge in [0.15, 0.2) is 0 Å². The monoisotopic (exact) mass is 207 g/mol. The molecule has 0 bridgehead atoms. The van der Waals surface area contributed by atoms with Gasteiger partial charge in [-0.05, 0) is 31.2 Å². The Kier molecular flexibility index (Phi) is 3.41. The quantitative estimate of drug-likeness (QED) is 0.819. The Morgan fingerprint density at radius 1 is 1.53 bits per heavy atom. The Morgan fingerprint density at radius 2 is 2.40 bits per heavy atom. The van der Waals surface area contributed by atoms with Crippen LogP contribution in [0.4, 0.5) is 0 Å². The maximum atomic E-state index is 4.17. The fourth-order valence-corrected chi connectivity index (χ4v) is 2.45. The standard InChI is InChI=1S/C12H21N3/c1-3-10-4-5-11(8-10)13-9-12-6-7-14-15(12)2/h6-7,10-11,13H,3-5,8-9H2,1-2H3. The van der Waals surface area contributed by atoms with E-state index in [0.29, 0.717) is 0 Å². The summed E-state index contributed by atoms with van der Waals surface area (Å²) in [6, 6.07) is 2.81. The molecule has 1 fully saturated rings. The van der Waals surface area contributed by atoms with Crippen LogP contribution in [-0.4, -0.2) is 15.8 Å². The van der Waals surface area contributed by atoms with Crippen molar-refractivity contribution in [3.05, 3.63) is 18.0 Å². The summed E-state index contributed by atoms with van der Waals surface area (Å²) in [5, 5.41) is 7.80. The largest absolute Gasteiger partial charge is 0.308 e. The van der Waals surface area contributed by atoms with Gasteiger partial charge in [0.1, 0.15) is 0 Å². The predicted molar refractivity (Wildman–Crippen MR) is 61.5 cm³/mol. The summed E-state index contributed by atoms with van der Waals surface area (Å²) in [6.45, 7) is 3.26. The summed E-state index contributed by atoms with van der Waals surface area (Å²) in [7, 11) is 2.00. The van der Waals surface area contributed by atoms with Crippen molar-refractivity contribution in [3.63, 3.8) is 0 Å². The third-order valence-electron chi connectivity index (χ3n) is 3.61. The molecule has 1 aliphatic carbocycles. The topological polar surface area (TPSA) is 29.9 Å². The number of nitrogens with zero attached hydrogens (tertiary/aromatic N) is 2. The minimum Gasteiger partial charge on any atom is -0.308 e. The second kappa shape index (κ2) is 4.79. The number of aromatic nitrogens is 2. The van der Waals surface area contributed by atoms with Crippen LogP contribution < -0.4 is 5.32 Å². The van der Waals surface area contributed by atoms with E-state index in [1.165, 1.54) is 31.4 Å². The van der Waals surface area contributed by atoms with Gasteiger partial charge >= 0.3 is 0 Å². The smallest absolute Gasteiger partial charge is 0.0518 e. The average Bonchev–Trinajstić information content (AvgIpc) is 2.84. The van der Waals surface area contributed by atoms with E-state index in [9.17, 15) is 0 Å². The minimum absolute atomic E-state index is 0.727. The second-order valence-corrected chi connectivity index (χ2v) is 4.61. The SMILES string of the molecule is CCC1CCC(NCc2ccnn2C)C1. The molecule has 3 heteroatoms. The molecule has 1 aromatic heterocycles. The van der Waals surface area contributed by atoms with Crippen molar-refractivity contribution in [2.45, 2.75) is 45.2 Å². The van der Waals surface area contributed by atoms with Crippen LogP contribution in [0.2, 0.25) is 0 Å². The number of rotatable bonds is 4. The first-order valence-electron chi connectivity index (χ1n) is 6.00. The molecule has 1 N–H and O–H groups in total. The molecule has 0 amide bonds. The van der Waals surface area contributed by atoms with Crippen LogP contribution in [0.25, 0.3) is 0 Å². The van der Waals surface area contributed by atoms with Crippen LogP contribution in [0.15, 0.2) is 12.3 Å². The molecule has 3 nitrogen and oxygen atoms in total. The summed E-state index contributed by atoms with van der Waals surface area (Å²) >= 11 is 0. The maximum Gasteiger partial charge on any atom is 0.0518 e. The van der Waals surface area contributed by atoms with E-state index in [-0.39, 0.29) is 0 Å². The summed E-state index contributed by atoms with van der Waals surface area (Å²) in [6.07, 6.45) is 7.30. The zero-order valence-corrected chi connectivity index (χ0v) is 9.74. The Labute approximate surface area is 91.9 Å². The van der Waals surface area contributed by atoms with E-state index in [2.05, 4.69) is 23.4 Å². The molecular weight excluding hydrogens is 186 g/mol. The third-order valence-corrected chi connectivity index (χ3v) is 3.61. The highest BCUT2D eigenvalue weighted by atomic mass is 15.3. The van der Waals surface area contributed by atoms with Crippen molar-refractivity contribution in [2.24, 2.45) is 13.0 Å². The van der Waals surface area contributed by atoms with E-state index >= 15 is 0 Å². The lowest BCUT2D eigenvalue weighted by Crippen LogP contribution is -2.26. The maximum absolute atomic E-state index is 4.17. The van der Waals surface area contributed by atoms with Crippen LogP contribution in [0.1, 0.15) is 38.3 Å². The van der Waals surface area contributed by atoms with E-state index in [1.54, 1.807) is 0 Å². The third kappa shape index (κ3) is 2.59. The molecule has 0 saturated heterocycles. The van der Waals surface area contributed by atoms with Gasteiger partial charge in [0.2, 0.25) is 0 Å². The van der Waals surface area contributed by atoms with Gasteiger partial charge in [-0.15, -0.1) is 0 Å². The first-order valence-corrected chi connectivity index (χ1v) is 6.00. The second-order valence-electron chi connectivity index (χ2n) is 4.61. The Balaban J connectivity index is 1.77. The number of hydrogen-bond acceptors (Lipinski definition) is 2. The van der Waals surface area contributed by atoms with Gasteiger partial charge in [0, 0.05) is 25.8 Å². The molecule has 1 aromatic rings. The van der Waals surface area contributed by atoms with Crippen LogP contribution in [-0.2, 0) is 13.6 Å². The molecule has 84 valence electrons. The number of hydrogen-bond donors (Lipinski definition) is 1. The number of nitrogens with one attached hydrogen (secondary N) is 1. The lowest BCUT2D eigenvalue weighted by atomic mass is 10.1. The number of aryl methyl sites for hydroxylation is 1. The lowest BCUT2D eigenvalue weighted by molar-refractivity contribution is 0.469. The van der Waals surface area contributed by atoms with Crippen molar-refractivity contribution >= 4 is 0 Å². The summed E-state index contributed by atoms with van der Waals surface area (Å²) in [5.41, 5.74) is 1.27. The average molecular weight is 207 g/mol. The highest BCUT2D eigenvalue weighted by molar-refractivity contribution is 4.99. The fraction of sp³-hybridized carbons (Fsp3) is 0.750. The zero-order chi connectivity index (χ0) is 10.7. The van der Waals surface area contributed by atoms with Crippen molar-refractivity contribution in [1.82, 2.24) is 15.1 Å². The van der Waals surface area contributed by atoms with Gasteiger partial charge in [0.25, 0.3) is 0 Å². The molecule has 2 atom stereocenters. The van der Waals surface area contributed by atoms with Crippen molar-refractivity contribution < 1.29 is 0 Å². The summed E-state index contributed by atoms with van der Waals surface area (Å²) in [4.78, 5) is 0. The van der Waals surface area contributed by atoms with Crippen LogP contribution in [0.3, 0.4) is 0 Å². The molecule has 1 aliphatic rings. The lowest BCUT2D eigenvalue weighted by Gasteiger charge is -2.12. The predicted octanol–water partition coefficient (Wildman–Crippen LogP) is 2.09. The van der Waals surface area contributed by atoms with E-state index < -0.39 is 0 Å². The first-order chi connectivity index (χ1) is 7.29. The van der Waals surface area contributed by atoms with Gasteiger partial charge in [0.05, 0.1) is 5.69 Å². The first kappa shape index (κ1) is 10.7. The van der Waals surface area contributed by atoms with Crippen LogP contribution >= 0.6 is 0 Å². The Bertz CT molecular complexity index is 306. The van der Waals surface area contributed by atoms with Crippen molar-refractivity contribution in [2.75, 3.05) is 0 Å². The van der Waals surface area contributed by atoms with Gasteiger partial charge in [-0.3, -0.25) is 4.68 Å². The van der Waals surface area contributed by atoms with E-state index in [4.69, 9.17) is 0 Å². The molecule has 0 spiro atoms. The highest BCUT2D eigenvalue weighted by Crippen LogP contribution is 2.27. The molecule has 1 saturated carbocycles. The van der Waals surface area contributed by atoms with E-state index in [1.807, 2.05) is 17.9 Å². The van der Waals surface area contributed by atoms with Gasteiger partial charge < -0.3 is 5.32 Å². The van der Waals surface area contributed by atoms with Crippen LogP contribution in [0.5, 0.6) is 0 Å². The normalized spacial score (nSPS) is 26.0. The Hall–Kier alpha value is -0.830. The molecule has 1 heterocycles. The molecule has 15 heavy (non-hydrogen) atoms. The minimum atomic E-state index is 0.727. The van der Waals surface area contributed by atoms with Crippen LogP contribution in [0, 0.1) is 5.92 Å². The van der Waals surface area contributed by atoms with Gasteiger partial charge in [-0.1, -0.05) is 13.3 Å². The Morgan fingerprint density at radius 3 is 3.00 bits per heavy atom. The van der Waals surface area contributed by atoms with Crippen molar-refractivity contribution in [1.29, 1.82) is 0 Å². The molecular formula is C12H21N3. The molecule has 0 radical (unpaired) electrons.